The Morgan fingerprint density at radius 2 is 1.76 bits per heavy atom. The van der Waals surface area contributed by atoms with Gasteiger partial charge >= 0.3 is 6.09 Å². The summed E-state index contributed by atoms with van der Waals surface area (Å²) in [6.45, 7) is 5.02. The SMILES string of the molecule is CC(C)(C)OC(=O)NNC(=O)C(N)CC(N)=O. The van der Waals surface area contributed by atoms with Crippen molar-refractivity contribution >= 4 is 17.9 Å². The van der Waals surface area contributed by atoms with Crippen LogP contribution in [0.2, 0.25) is 0 Å². The van der Waals surface area contributed by atoms with Gasteiger partial charge < -0.3 is 16.2 Å². The molecule has 0 aromatic rings. The van der Waals surface area contributed by atoms with Crippen molar-refractivity contribution in [1.29, 1.82) is 0 Å². The summed E-state index contributed by atoms with van der Waals surface area (Å²) in [5, 5.41) is 0. The van der Waals surface area contributed by atoms with Crippen molar-refractivity contribution in [3.05, 3.63) is 0 Å². The first-order valence-electron chi connectivity index (χ1n) is 4.94. The predicted molar refractivity (Wildman–Crippen MR) is 59.3 cm³/mol. The first-order chi connectivity index (χ1) is 7.61. The summed E-state index contributed by atoms with van der Waals surface area (Å²) < 4.78 is 4.85. The molecule has 0 spiro atoms. The van der Waals surface area contributed by atoms with E-state index < -0.39 is 29.6 Å². The van der Waals surface area contributed by atoms with Gasteiger partial charge in [-0.2, -0.15) is 0 Å². The highest BCUT2D eigenvalue weighted by Gasteiger charge is 2.19. The Labute approximate surface area is 99.0 Å². The Morgan fingerprint density at radius 1 is 1.24 bits per heavy atom. The second kappa shape index (κ2) is 6.04. The second-order valence-corrected chi connectivity index (χ2v) is 4.39. The van der Waals surface area contributed by atoms with Gasteiger partial charge in [-0.1, -0.05) is 0 Å². The molecule has 8 nitrogen and oxygen atoms in total. The molecule has 1 unspecified atom stereocenters. The van der Waals surface area contributed by atoms with Crippen molar-refractivity contribution in [3.63, 3.8) is 0 Å². The Bertz CT molecular complexity index is 311. The molecule has 0 aliphatic rings. The van der Waals surface area contributed by atoms with E-state index in [0.29, 0.717) is 0 Å². The van der Waals surface area contributed by atoms with Gasteiger partial charge in [0.05, 0.1) is 12.5 Å². The fourth-order valence-electron chi connectivity index (χ4n) is 0.818. The lowest BCUT2D eigenvalue weighted by Gasteiger charge is -2.20. The minimum Gasteiger partial charge on any atom is -0.443 e. The first-order valence-corrected chi connectivity index (χ1v) is 4.94. The minimum atomic E-state index is -1.11. The fourth-order valence-corrected chi connectivity index (χ4v) is 0.818. The monoisotopic (exact) mass is 246 g/mol. The number of primary amides is 1. The summed E-state index contributed by atoms with van der Waals surface area (Å²) in [4.78, 5) is 32.9. The van der Waals surface area contributed by atoms with Crippen LogP contribution in [0, 0.1) is 0 Å². The van der Waals surface area contributed by atoms with Gasteiger partial charge in [0.1, 0.15) is 5.60 Å². The quantitative estimate of drug-likeness (QED) is 0.461. The molecule has 3 amide bonds. The third-order valence-electron chi connectivity index (χ3n) is 1.44. The summed E-state index contributed by atoms with van der Waals surface area (Å²) in [6.07, 6.45) is -1.13. The van der Waals surface area contributed by atoms with E-state index in [-0.39, 0.29) is 6.42 Å². The molecule has 0 saturated carbocycles. The van der Waals surface area contributed by atoms with Gasteiger partial charge in [-0.15, -0.1) is 0 Å². The fraction of sp³-hybridized carbons (Fsp3) is 0.667. The highest BCUT2D eigenvalue weighted by molar-refractivity contribution is 5.88. The lowest BCUT2D eigenvalue weighted by atomic mass is 10.2. The molecule has 0 aliphatic heterocycles. The Hall–Kier alpha value is -1.83. The number of nitrogens with two attached hydrogens (primary N) is 2. The number of rotatable bonds is 3. The van der Waals surface area contributed by atoms with Gasteiger partial charge in [0, 0.05) is 0 Å². The summed E-state index contributed by atoms with van der Waals surface area (Å²) >= 11 is 0. The zero-order valence-electron chi connectivity index (χ0n) is 10.1. The van der Waals surface area contributed by atoms with Crippen LogP contribution in [0.3, 0.4) is 0 Å². The number of hydrogen-bond donors (Lipinski definition) is 4. The summed E-state index contributed by atoms with van der Waals surface area (Å²) in [7, 11) is 0. The third kappa shape index (κ3) is 8.03. The molecule has 0 aromatic carbocycles. The normalized spacial score (nSPS) is 12.5. The van der Waals surface area contributed by atoms with Gasteiger partial charge in [-0.05, 0) is 20.8 Å². The molecule has 0 radical (unpaired) electrons. The third-order valence-corrected chi connectivity index (χ3v) is 1.44. The van der Waals surface area contributed by atoms with Crippen molar-refractivity contribution in [2.75, 3.05) is 0 Å². The van der Waals surface area contributed by atoms with E-state index in [2.05, 4.69) is 0 Å². The topological polar surface area (TPSA) is 137 Å². The van der Waals surface area contributed by atoms with E-state index in [1.807, 2.05) is 10.9 Å². The Kier molecular flexibility index (Phi) is 5.39. The van der Waals surface area contributed by atoms with Crippen LogP contribution in [0.25, 0.3) is 0 Å². The Morgan fingerprint density at radius 3 is 2.18 bits per heavy atom. The van der Waals surface area contributed by atoms with Crippen LogP contribution in [-0.2, 0) is 14.3 Å². The van der Waals surface area contributed by atoms with Crippen LogP contribution in [0.5, 0.6) is 0 Å². The molecule has 0 aromatic heterocycles. The zero-order valence-corrected chi connectivity index (χ0v) is 10.1. The number of amides is 3. The van der Waals surface area contributed by atoms with Gasteiger partial charge in [0.15, 0.2) is 0 Å². The van der Waals surface area contributed by atoms with Crippen LogP contribution in [-0.4, -0.2) is 29.6 Å². The molecule has 0 fully saturated rings. The van der Waals surface area contributed by atoms with Crippen molar-refractivity contribution < 1.29 is 19.1 Å². The minimum absolute atomic E-state index is 0.304. The maximum atomic E-state index is 11.2. The van der Waals surface area contributed by atoms with E-state index in [1.165, 1.54) is 0 Å². The molecule has 1 atom stereocenters. The van der Waals surface area contributed by atoms with E-state index in [0.717, 1.165) is 0 Å². The van der Waals surface area contributed by atoms with E-state index in [1.54, 1.807) is 20.8 Å². The summed E-state index contributed by atoms with van der Waals surface area (Å²) in [5.74, 6) is -1.43. The average molecular weight is 246 g/mol. The predicted octanol–water partition coefficient (Wildman–Crippen LogP) is -1.25. The Balaban J connectivity index is 4.00. The van der Waals surface area contributed by atoms with Crippen LogP contribution in [0.4, 0.5) is 4.79 Å². The van der Waals surface area contributed by atoms with Gasteiger partial charge in [-0.25, -0.2) is 10.2 Å². The number of hydrazine groups is 1. The van der Waals surface area contributed by atoms with E-state index in [4.69, 9.17) is 16.2 Å². The molecular weight excluding hydrogens is 228 g/mol. The number of carbonyl (C=O) groups is 3. The number of nitrogens with one attached hydrogen (secondary N) is 2. The molecule has 8 heteroatoms. The number of hydrogen-bond acceptors (Lipinski definition) is 5. The van der Waals surface area contributed by atoms with Crippen molar-refractivity contribution in [3.8, 4) is 0 Å². The van der Waals surface area contributed by atoms with E-state index in [9.17, 15) is 14.4 Å². The van der Waals surface area contributed by atoms with E-state index >= 15 is 0 Å². The zero-order chi connectivity index (χ0) is 13.6. The van der Waals surface area contributed by atoms with Gasteiger partial charge in [-0.3, -0.25) is 15.0 Å². The molecule has 0 bridgehead atoms. The largest absolute Gasteiger partial charge is 0.443 e. The molecule has 17 heavy (non-hydrogen) atoms. The molecule has 0 aliphatic carbocycles. The molecule has 6 N–H and O–H groups in total. The first kappa shape index (κ1) is 15.2. The summed E-state index contributed by atoms with van der Waals surface area (Å²) in [6, 6.07) is -1.11. The highest BCUT2D eigenvalue weighted by Crippen LogP contribution is 2.05. The lowest BCUT2D eigenvalue weighted by molar-refractivity contribution is -0.127. The van der Waals surface area contributed by atoms with Gasteiger partial charge in [0.25, 0.3) is 5.91 Å². The average Bonchev–Trinajstić information content (AvgIpc) is 2.10. The molecule has 0 rings (SSSR count). The molecular formula is C9H18N4O4. The second-order valence-electron chi connectivity index (χ2n) is 4.39. The molecule has 0 saturated heterocycles. The number of carbonyl (C=O) groups excluding carboxylic acids is 3. The number of ether oxygens (including phenoxy) is 1. The van der Waals surface area contributed by atoms with Crippen LogP contribution in [0.15, 0.2) is 0 Å². The van der Waals surface area contributed by atoms with Gasteiger partial charge in [0.2, 0.25) is 5.91 Å². The smallest absolute Gasteiger partial charge is 0.426 e. The lowest BCUT2D eigenvalue weighted by Crippen LogP contribution is -2.51. The maximum absolute atomic E-state index is 11.2. The highest BCUT2D eigenvalue weighted by atomic mass is 16.6. The standard InChI is InChI=1S/C9H18N4O4/c1-9(2,3)17-8(16)13-12-7(15)5(10)4-6(11)14/h5H,4,10H2,1-3H3,(H2,11,14)(H,12,15)(H,13,16). The molecule has 98 valence electrons. The van der Waals surface area contributed by atoms with Crippen LogP contribution >= 0.6 is 0 Å². The van der Waals surface area contributed by atoms with Crippen molar-refractivity contribution in [2.24, 2.45) is 11.5 Å². The summed E-state index contributed by atoms with van der Waals surface area (Å²) in [5.41, 5.74) is 13.5. The van der Waals surface area contributed by atoms with Crippen LogP contribution < -0.4 is 22.3 Å². The van der Waals surface area contributed by atoms with Crippen LogP contribution in [0.1, 0.15) is 27.2 Å². The molecule has 0 heterocycles. The van der Waals surface area contributed by atoms with Crippen molar-refractivity contribution in [2.45, 2.75) is 38.8 Å². The maximum Gasteiger partial charge on any atom is 0.426 e. The van der Waals surface area contributed by atoms with Crippen molar-refractivity contribution in [1.82, 2.24) is 10.9 Å².